The summed E-state index contributed by atoms with van der Waals surface area (Å²) < 4.78 is 0. The number of benzene rings is 2. The van der Waals surface area contributed by atoms with E-state index in [1.165, 1.54) is 11.1 Å². The standard InChI is InChI=1S/C19H23N3O2/c20-13-18(23)22-14-19(24)21-12-11-17(15-7-3-1-4-8-15)16-9-5-2-6-10-16/h1-10,17H,11-14,20H2,(H,21,24)(H,22,23). The van der Waals surface area contributed by atoms with Crippen LogP contribution in [-0.2, 0) is 9.59 Å². The van der Waals surface area contributed by atoms with Crippen LogP contribution in [0.15, 0.2) is 60.7 Å². The molecule has 0 atom stereocenters. The number of carbonyl (C=O) groups is 2. The highest BCUT2D eigenvalue weighted by atomic mass is 16.2. The SMILES string of the molecule is NCC(=O)NCC(=O)NCCC(c1ccccc1)c1ccccc1. The van der Waals surface area contributed by atoms with Crippen LogP contribution >= 0.6 is 0 Å². The summed E-state index contributed by atoms with van der Waals surface area (Å²) >= 11 is 0. The topological polar surface area (TPSA) is 84.2 Å². The van der Waals surface area contributed by atoms with Gasteiger partial charge in [-0.3, -0.25) is 9.59 Å². The van der Waals surface area contributed by atoms with Crippen molar-refractivity contribution in [2.45, 2.75) is 12.3 Å². The summed E-state index contributed by atoms with van der Waals surface area (Å²) in [5.74, 6) is -0.334. The average Bonchev–Trinajstić information content (AvgIpc) is 2.64. The van der Waals surface area contributed by atoms with E-state index in [0.29, 0.717) is 6.54 Å². The fourth-order valence-electron chi connectivity index (χ4n) is 2.57. The van der Waals surface area contributed by atoms with E-state index >= 15 is 0 Å². The Bertz CT molecular complexity index is 605. The second-order valence-electron chi connectivity index (χ2n) is 5.49. The van der Waals surface area contributed by atoms with Crippen molar-refractivity contribution in [3.63, 3.8) is 0 Å². The van der Waals surface area contributed by atoms with E-state index in [0.717, 1.165) is 6.42 Å². The van der Waals surface area contributed by atoms with Gasteiger partial charge in [0, 0.05) is 12.5 Å². The molecule has 0 unspecified atom stereocenters. The van der Waals surface area contributed by atoms with Crippen LogP contribution in [0.25, 0.3) is 0 Å². The van der Waals surface area contributed by atoms with Crippen LogP contribution < -0.4 is 16.4 Å². The van der Waals surface area contributed by atoms with E-state index in [-0.39, 0.29) is 30.8 Å². The second-order valence-corrected chi connectivity index (χ2v) is 5.49. The number of amides is 2. The van der Waals surface area contributed by atoms with Crippen molar-refractivity contribution in [1.29, 1.82) is 0 Å². The Morgan fingerprint density at radius 2 is 1.38 bits per heavy atom. The Balaban J connectivity index is 1.93. The summed E-state index contributed by atoms with van der Waals surface area (Å²) in [6.07, 6.45) is 0.782. The van der Waals surface area contributed by atoms with Crippen molar-refractivity contribution >= 4 is 11.8 Å². The first-order chi connectivity index (χ1) is 11.7. The molecule has 0 radical (unpaired) electrons. The van der Waals surface area contributed by atoms with Crippen molar-refractivity contribution in [1.82, 2.24) is 10.6 Å². The quantitative estimate of drug-likeness (QED) is 0.686. The number of nitrogens with one attached hydrogen (secondary N) is 2. The molecule has 2 rings (SSSR count). The van der Waals surface area contributed by atoms with Gasteiger partial charge in [0.1, 0.15) is 0 Å². The van der Waals surface area contributed by atoms with Gasteiger partial charge in [0.25, 0.3) is 0 Å². The molecule has 5 heteroatoms. The molecule has 0 aromatic heterocycles. The van der Waals surface area contributed by atoms with Gasteiger partial charge in [0.05, 0.1) is 13.1 Å². The zero-order valence-electron chi connectivity index (χ0n) is 13.6. The zero-order valence-corrected chi connectivity index (χ0v) is 13.6. The molecule has 2 aromatic rings. The van der Waals surface area contributed by atoms with Crippen molar-refractivity contribution in [3.8, 4) is 0 Å². The van der Waals surface area contributed by atoms with E-state index < -0.39 is 0 Å². The Labute approximate surface area is 142 Å². The molecule has 24 heavy (non-hydrogen) atoms. The highest BCUT2D eigenvalue weighted by Gasteiger charge is 2.14. The first kappa shape index (κ1) is 17.7. The second kappa shape index (κ2) is 9.47. The molecule has 0 aliphatic heterocycles. The summed E-state index contributed by atoms with van der Waals surface area (Å²) in [6, 6.07) is 20.5. The van der Waals surface area contributed by atoms with Crippen LogP contribution in [0, 0.1) is 0 Å². The average molecular weight is 325 g/mol. The molecule has 0 heterocycles. The van der Waals surface area contributed by atoms with Crippen LogP contribution in [-0.4, -0.2) is 31.4 Å². The molecule has 2 aromatic carbocycles. The number of rotatable bonds is 8. The Kier molecular flexibility index (Phi) is 6.98. The van der Waals surface area contributed by atoms with Crippen molar-refractivity contribution in [3.05, 3.63) is 71.8 Å². The molecule has 5 nitrogen and oxygen atoms in total. The molecule has 0 aliphatic carbocycles. The van der Waals surface area contributed by atoms with E-state index in [2.05, 4.69) is 34.9 Å². The maximum absolute atomic E-state index is 11.8. The lowest BCUT2D eigenvalue weighted by Crippen LogP contribution is -2.39. The minimum absolute atomic E-state index is 0.0443. The molecule has 0 saturated heterocycles. The fourth-order valence-corrected chi connectivity index (χ4v) is 2.57. The number of carbonyl (C=O) groups excluding carboxylic acids is 2. The summed E-state index contributed by atoms with van der Waals surface area (Å²) in [5.41, 5.74) is 7.62. The third kappa shape index (κ3) is 5.52. The summed E-state index contributed by atoms with van der Waals surface area (Å²) in [4.78, 5) is 22.8. The lowest BCUT2D eigenvalue weighted by atomic mass is 9.88. The van der Waals surface area contributed by atoms with Gasteiger partial charge in [-0.05, 0) is 17.5 Å². The predicted octanol–water partition coefficient (Wildman–Crippen LogP) is 1.40. The van der Waals surface area contributed by atoms with Gasteiger partial charge in [-0.1, -0.05) is 60.7 Å². The molecule has 0 aliphatic rings. The lowest BCUT2D eigenvalue weighted by molar-refractivity contribution is -0.125. The van der Waals surface area contributed by atoms with Gasteiger partial charge < -0.3 is 16.4 Å². The Morgan fingerprint density at radius 1 is 0.833 bits per heavy atom. The third-order valence-corrected chi connectivity index (χ3v) is 3.79. The minimum atomic E-state index is -0.336. The molecular formula is C19H23N3O2. The van der Waals surface area contributed by atoms with Gasteiger partial charge >= 0.3 is 0 Å². The first-order valence-corrected chi connectivity index (χ1v) is 8.04. The van der Waals surface area contributed by atoms with Gasteiger partial charge in [0.15, 0.2) is 0 Å². The monoisotopic (exact) mass is 325 g/mol. The molecule has 2 amide bonds. The van der Waals surface area contributed by atoms with Gasteiger partial charge in [-0.25, -0.2) is 0 Å². The maximum atomic E-state index is 11.8. The highest BCUT2D eigenvalue weighted by molar-refractivity contribution is 5.85. The molecular weight excluding hydrogens is 302 g/mol. The van der Waals surface area contributed by atoms with E-state index in [9.17, 15) is 9.59 Å². The molecule has 0 spiro atoms. The molecule has 0 saturated carbocycles. The Hall–Kier alpha value is -2.66. The summed E-state index contributed by atoms with van der Waals surface area (Å²) in [7, 11) is 0. The largest absolute Gasteiger partial charge is 0.355 e. The Morgan fingerprint density at radius 3 is 1.88 bits per heavy atom. The van der Waals surface area contributed by atoms with Crippen LogP contribution in [0.5, 0.6) is 0 Å². The molecule has 0 fully saturated rings. The zero-order chi connectivity index (χ0) is 17.2. The van der Waals surface area contributed by atoms with E-state index in [1.54, 1.807) is 0 Å². The maximum Gasteiger partial charge on any atom is 0.239 e. The smallest absolute Gasteiger partial charge is 0.239 e. The molecule has 0 bridgehead atoms. The lowest BCUT2D eigenvalue weighted by Gasteiger charge is -2.18. The van der Waals surface area contributed by atoms with Crippen LogP contribution in [0.4, 0.5) is 0 Å². The van der Waals surface area contributed by atoms with Gasteiger partial charge in [-0.2, -0.15) is 0 Å². The summed E-state index contributed by atoms with van der Waals surface area (Å²) in [5, 5.41) is 5.30. The van der Waals surface area contributed by atoms with E-state index in [1.807, 2.05) is 36.4 Å². The number of hydrogen-bond acceptors (Lipinski definition) is 3. The fraction of sp³-hybridized carbons (Fsp3) is 0.263. The minimum Gasteiger partial charge on any atom is -0.355 e. The van der Waals surface area contributed by atoms with Gasteiger partial charge in [-0.15, -0.1) is 0 Å². The molecule has 4 N–H and O–H groups in total. The van der Waals surface area contributed by atoms with Crippen LogP contribution in [0.1, 0.15) is 23.5 Å². The van der Waals surface area contributed by atoms with E-state index in [4.69, 9.17) is 5.73 Å². The first-order valence-electron chi connectivity index (χ1n) is 8.04. The summed E-state index contributed by atoms with van der Waals surface area (Å²) in [6.45, 7) is 0.376. The van der Waals surface area contributed by atoms with Crippen molar-refractivity contribution < 1.29 is 9.59 Å². The molecule has 126 valence electrons. The van der Waals surface area contributed by atoms with Crippen LogP contribution in [0.3, 0.4) is 0 Å². The highest BCUT2D eigenvalue weighted by Crippen LogP contribution is 2.27. The van der Waals surface area contributed by atoms with Crippen LogP contribution in [0.2, 0.25) is 0 Å². The van der Waals surface area contributed by atoms with Crippen molar-refractivity contribution in [2.75, 3.05) is 19.6 Å². The normalized spacial score (nSPS) is 10.4. The predicted molar refractivity (Wildman–Crippen MR) is 94.4 cm³/mol. The number of hydrogen-bond donors (Lipinski definition) is 3. The number of nitrogens with two attached hydrogens (primary N) is 1. The van der Waals surface area contributed by atoms with Gasteiger partial charge in [0.2, 0.25) is 11.8 Å². The van der Waals surface area contributed by atoms with Crippen molar-refractivity contribution in [2.24, 2.45) is 5.73 Å². The third-order valence-electron chi connectivity index (χ3n) is 3.79.